The number of hydrogen-bond donors (Lipinski definition) is 1. The van der Waals surface area contributed by atoms with Gasteiger partial charge in [0.1, 0.15) is 6.10 Å². The third kappa shape index (κ3) is 17.0. The summed E-state index contributed by atoms with van der Waals surface area (Å²) in [4.78, 5) is 29.0. The Balaban J connectivity index is -0.000000167. The number of carboxylic acid groups (broad SMARTS) is 1. The summed E-state index contributed by atoms with van der Waals surface area (Å²) in [6.07, 6.45) is -2.11. The third-order valence-electron chi connectivity index (χ3n) is 0.663. The topological polar surface area (TPSA) is 133 Å². The first-order chi connectivity index (χ1) is 4.83. The van der Waals surface area contributed by atoms with Gasteiger partial charge < -0.3 is 33.9 Å². The van der Waals surface area contributed by atoms with Crippen molar-refractivity contribution in [3.8, 4) is 0 Å². The number of aliphatic hydroxyl groups is 1. The standard InChI is InChI=1S/C3H7O7P.3Na/c4-2(3(5)6)1-10-11(7,8)9;;;/h2,4H,1H2,(H,5,6)(H2,7,8,9);;;/q;3*+1/p-3. The zero-order chi connectivity index (χ0) is 9.07. The van der Waals surface area contributed by atoms with Gasteiger partial charge in [-0.3, -0.25) is 0 Å². The van der Waals surface area contributed by atoms with Crippen molar-refractivity contribution in [3.05, 3.63) is 0 Å². The summed E-state index contributed by atoms with van der Waals surface area (Å²) >= 11 is 0. The van der Waals surface area contributed by atoms with Crippen molar-refractivity contribution in [1.29, 1.82) is 0 Å². The molecule has 7 nitrogen and oxygen atoms in total. The van der Waals surface area contributed by atoms with Gasteiger partial charge in [0.2, 0.25) is 0 Å². The van der Waals surface area contributed by atoms with E-state index in [0.29, 0.717) is 0 Å². The summed E-state index contributed by atoms with van der Waals surface area (Å²) in [6, 6.07) is 0. The van der Waals surface area contributed by atoms with E-state index in [-0.39, 0.29) is 88.7 Å². The van der Waals surface area contributed by atoms with E-state index in [2.05, 4.69) is 4.52 Å². The molecular formula is C3H4Na3O7P. The molecule has 0 heterocycles. The summed E-state index contributed by atoms with van der Waals surface area (Å²) in [5.74, 6) is -1.90. The predicted octanol–water partition coefficient (Wildman–Crippen LogP) is -13.0. The molecule has 0 rings (SSSR count). The Kier molecular flexibility index (Phi) is 21.8. The molecule has 0 saturated heterocycles. The molecule has 0 aliphatic rings. The van der Waals surface area contributed by atoms with Crippen molar-refractivity contribution >= 4 is 13.8 Å². The first kappa shape index (κ1) is 25.4. The van der Waals surface area contributed by atoms with Gasteiger partial charge in [-0.2, -0.15) is 0 Å². The zero-order valence-electron chi connectivity index (χ0n) is 8.13. The van der Waals surface area contributed by atoms with E-state index in [1.54, 1.807) is 0 Å². The number of phosphoric acid groups is 1. The Labute approximate surface area is 147 Å². The minimum absolute atomic E-state index is 0. The number of rotatable bonds is 4. The van der Waals surface area contributed by atoms with Crippen molar-refractivity contribution in [2.24, 2.45) is 0 Å². The molecule has 0 aromatic rings. The first-order valence-electron chi connectivity index (χ1n) is 2.38. The number of carbonyl (C=O) groups excluding carboxylic acids is 1. The summed E-state index contributed by atoms with van der Waals surface area (Å²) in [5.41, 5.74) is 0. The van der Waals surface area contributed by atoms with Crippen molar-refractivity contribution in [2.75, 3.05) is 6.61 Å². The van der Waals surface area contributed by atoms with Crippen molar-refractivity contribution in [1.82, 2.24) is 0 Å². The van der Waals surface area contributed by atoms with E-state index < -0.39 is 26.5 Å². The van der Waals surface area contributed by atoms with Crippen molar-refractivity contribution in [3.63, 3.8) is 0 Å². The maximum Gasteiger partial charge on any atom is 1.00 e. The average Bonchev–Trinajstić information content (AvgIpc) is 1.80. The van der Waals surface area contributed by atoms with Crippen LogP contribution in [0, 0.1) is 0 Å². The minimum Gasteiger partial charge on any atom is -0.790 e. The second-order valence-electron chi connectivity index (χ2n) is 1.58. The van der Waals surface area contributed by atoms with Crippen molar-refractivity contribution < 1.29 is 123 Å². The normalized spacial score (nSPS) is 11.4. The third-order valence-corrected chi connectivity index (χ3v) is 1.13. The monoisotopic (exact) mass is 252 g/mol. The predicted molar refractivity (Wildman–Crippen MR) is 24.6 cm³/mol. The van der Waals surface area contributed by atoms with Crippen LogP contribution in [0.15, 0.2) is 0 Å². The van der Waals surface area contributed by atoms with Crippen LogP contribution in [0.5, 0.6) is 0 Å². The van der Waals surface area contributed by atoms with Gasteiger partial charge in [-0.05, 0) is 0 Å². The molecular weight excluding hydrogens is 248 g/mol. The Morgan fingerprint density at radius 1 is 1.36 bits per heavy atom. The number of aliphatic carboxylic acids is 1. The fraction of sp³-hybridized carbons (Fsp3) is 0.667. The zero-order valence-corrected chi connectivity index (χ0v) is 15.0. The molecule has 0 bridgehead atoms. The molecule has 1 N–H and O–H groups in total. The second kappa shape index (κ2) is 12.0. The maximum atomic E-state index is 9.68. The smallest absolute Gasteiger partial charge is 0.790 e. The molecule has 14 heavy (non-hydrogen) atoms. The Morgan fingerprint density at radius 3 is 1.93 bits per heavy atom. The van der Waals surface area contributed by atoms with Gasteiger partial charge in [-0.15, -0.1) is 0 Å². The number of carbonyl (C=O) groups is 1. The molecule has 0 aliphatic heterocycles. The maximum absolute atomic E-state index is 9.68. The first-order valence-corrected chi connectivity index (χ1v) is 3.84. The molecule has 0 aliphatic carbocycles. The van der Waals surface area contributed by atoms with Gasteiger partial charge in [-0.25, -0.2) is 0 Å². The fourth-order valence-corrected chi connectivity index (χ4v) is 0.554. The number of phosphoric ester groups is 1. The SMILES string of the molecule is O=C([O-])C(O)COP(=O)([O-])[O-].[Na+].[Na+].[Na+]. The van der Waals surface area contributed by atoms with Crippen LogP contribution >= 0.6 is 7.82 Å². The van der Waals surface area contributed by atoms with Crippen LogP contribution in [0.3, 0.4) is 0 Å². The van der Waals surface area contributed by atoms with Gasteiger partial charge >= 0.3 is 88.7 Å². The van der Waals surface area contributed by atoms with Crippen LogP contribution in [0.25, 0.3) is 0 Å². The van der Waals surface area contributed by atoms with Gasteiger partial charge in [0.25, 0.3) is 0 Å². The molecule has 1 unspecified atom stereocenters. The van der Waals surface area contributed by atoms with Gasteiger partial charge in [0.05, 0.1) is 20.4 Å². The second-order valence-corrected chi connectivity index (χ2v) is 2.73. The van der Waals surface area contributed by atoms with Crippen LogP contribution in [0.4, 0.5) is 0 Å². The molecule has 1 atom stereocenters. The van der Waals surface area contributed by atoms with E-state index in [4.69, 9.17) is 5.11 Å². The van der Waals surface area contributed by atoms with Gasteiger partial charge in [0.15, 0.2) is 0 Å². The number of aliphatic hydroxyl groups excluding tert-OH is 1. The average molecular weight is 252 g/mol. The van der Waals surface area contributed by atoms with Crippen LogP contribution in [-0.2, 0) is 13.9 Å². The van der Waals surface area contributed by atoms with Crippen LogP contribution < -0.4 is 104 Å². The molecule has 66 valence electrons. The van der Waals surface area contributed by atoms with E-state index in [1.165, 1.54) is 0 Å². The molecule has 0 amide bonds. The molecule has 0 aromatic carbocycles. The van der Waals surface area contributed by atoms with Crippen LogP contribution in [-0.4, -0.2) is 23.8 Å². The van der Waals surface area contributed by atoms with Crippen LogP contribution in [0.2, 0.25) is 0 Å². The molecule has 0 aromatic heterocycles. The van der Waals surface area contributed by atoms with Gasteiger partial charge in [-0.1, -0.05) is 0 Å². The van der Waals surface area contributed by atoms with E-state index in [9.17, 15) is 24.3 Å². The quantitative estimate of drug-likeness (QED) is 0.388. The molecule has 0 saturated carbocycles. The van der Waals surface area contributed by atoms with E-state index in [1.807, 2.05) is 0 Å². The number of hydrogen-bond acceptors (Lipinski definition) is 7. The molecule has 0 radical (unpaired) electrons. The van der Waals surface area contributed by atoms with Crippen LogP contribution in [0.1, 0.15) is 0 Å². The Bertz CT molecular complexity index is 193. The summed E-state index contributed by atoms with van der Waals surface area (Å²) in [7, 11) is -5.21. The summed E-state index contributed by atoms with van der Waals surface area (Å²) in [5, 5.41) is 18.0. The summed E-state index contributed by atoms with van der Waals surface area (Å²) in [6.45, 7) is -1.12. The molecule has 0 spiro atoms. The Hall–Kier alpha value is 2.54. The summed E-state index contributed by atoms with van der Waals surface area (Å²) < 4.78 is 13.1. The Morgan fingerprint density at radius 2 is 1.71 bits per heavy atom. The van der Waals surface area contributed by atoms with E-state index in [0.717, 1.165) is 0 Å². The fourth-order valence-electron chi connectivity index (χ4n) is 0.230. The molecule has 0 fully saturated rings. The number of carboxylic acids is 1. The van der Waals surface area contributed by atoms with Crippen molar-refractivity contribution in [2.45, 2.75) is 6.10 Å². The van der Waals surface area contributed by atoms with Gasteiger partial charge in [0, 0.05) is 0 Å². The molecule has 11 heteroatoms. The minimum atomic E-state index is -5.21. The largest absolute Gasteiger partial charge is 1.00 e. The van der Waals surface area contributed by atoms with E-state index >= 15 is 0 Å².